The Kier molecular flexibility index (Phi) is 4.26. The van der Waals surface area contributed by atoms with Crippen LogP contribution in [-0.2, 0) is 19.7 Å². The van der Waals surface area contributed by atoms with Gasteiger partial charge in [-0.15, -0.1) is 0 Å². The highest BCUT2D eigenvalue weighted by Gasteiger charge is 2.51. The van der Waals surface area contributed by atoms with Crippen LogP contribution in [0.25, 0.3) is 0 Å². The number of nitrogens with one attached hydrogen (secondary N) is 1. The van der Waals surface area contributed by atoms with Crippen molar-refractivity contribution in [1.82, 2.24) is 5.32 Å². The third kappa shape index (κ3) is 2.67. The Labute approximate surface area is 135 Å². The fourth-order valence-electron chi connectivity index (χ4n) is 3.59. The lowest BCUT2D eigenvalue weighted by atomic mass is 9.74. The molecule has 1 amide bonds. The van der Waals surface area contributed by atoms with Crippen molar-refractivity contribution in [2.75, 3.05) is 38.3 Å². The number of rotatable bonds is 4. The summed E-state index contributed by atoms with van der Waals surface area (Å²) in [6, 6.07) is 5.81. The monoisotopic (exact) mass is 318 g/mol. The van der Waals surface area contributed by atoms with Gasteiger partial charge >= 0.3 is 5.97 Å². The van der Waals surface area contributed by atoms with Gasteiger partial charge in [0.2, 0.25) is 5.91 Å². The van der Waals surface area contributed by atoms with Crippen molar-refractivity contribution in [2.45, 2.75) is 25.2 Å². The smallest absolute Gasteiger partial charge is 0.302 e. The van der Waals surface area contributed by atoms with Crippen LogP contribution in [0.2, 0.25) is 0 Å². The minimum Gasteiger partial charge on any atom is -0.497 e. The Balaban J connectivity index is 1.95. The molecule has 1 N–H and O–H groups in total. The topological polar surface area (TPSA) is 67.9 Å². The van der Waals surface area contributed by atoms with Gasteiger partial charge < -0.3 is 19.7 Å². The zero-order valence-corrected chi connectivity index (χ0v) is 13.6. The van der Waals surface area contributed by atoms with E-state index >= 15 is 0 Å². The van der Waals surface area contributed by atoms with Gasteiger partial charge in [0.1, 0.15) is 12.4 Å². The maximum atomic E-state index is 13.1. The number of benzene rings is 1. The van der Waals surface area contributed by atoms with E-state index in [4.69, 9.17) is 9.47 Å². The van der Waals surface area contributed by atoms with Gasteiger partial charge in [-0.05, 0) is 37.6 Å². The van der Waals surface area contributed by atoms with E-state index in [1.165, 1.54) is 6.92 Å². The van der Waals surface area contributed by atoms with Crippen molar-refractivity contribution in [3.05, 3.63) is 23.8 Å². The highest BCUT2D eigenvalue weighted by atomic mass is 16.5. The van der Waals surface area contributed by atoms with Gasteiger partial charge in [-0.25, -0.2) is 0 Å². The molecular formula is C17H22N2O4. The Bertz CT molecular complexity index is 623. The van der Waals surface area contributed by atoms with E-state index in [0.717, 1.165) is 42.9 Å². The molecule has 6 nitrogen and oxygen atoms in total. The Morgan fingerprint density at radius 1 is 1.35 bits per heavy atom. The molecule has 6 heteroatoms. The predicted molar refractivity (Wildman–Crippen MR) is 85.8 cm³/mol. The van der Waals surface area contributed by atoms with Crippen LogP contribution in [-0.4, -0.2) is 45.2 Å². The van der Waals surface area contributed by atoms with E-state index in [9.17, 15) is 9.59 Å². The summed E-state index contributed by atoms with van der Waals surface area (Å²) in [6.45, 7) is 3.60. The van der Waals surface area contributed by atoms with Crippen molar-refractivity contribution < 1.29 is 19.1 Å². The van der Waals surface area contributed by atoms with E-state index < -0.39 is 5.41 Å². The molecule has 0 bridgehead atoms. The molecule has 0 unspecified atom stereocenters. The van der Waals surface area contributed by atoms with E-state index in [-0.39, 0.29) is 18.5 Å². The average Bonchev–Trinajstić information content (AvgIpc) is 2.77. The first kappa shape index (κ1) is 15.8. The maximum Gasteiger partial charge on any atom is 0.302 e. The summed E-state index contributed by atoms with van der Waals surface area (Å²) < 4.78 is 10.3. The lowest BCUT2D eigenvalue weighted by Gasteiger charge is -2.33. The van der Waals surface area contributed by atoms with Crippen molar-refractivity contribution in [3.8, 4) is 5.75 Å². The van der Waals surface area contributed by atoms with E-state index in [2.05, 4.69) is 5.32 Å². The molecule has 2 aliphatic heterocycles. The van der Waals surface area contributed by atoms with Gasteiger partial charge in [0, 0.05) is 13.0 Å². The number of anilines is 1. The number of amides is 1. The molecule has 2 aliphatic rings. The number of ether oxygens (including phenoxy) is 2. The van der Waals surface area contributed by atoms with E-state index in [1.54, 1.807) is 12.0 Å². The predicted octanol–water partition coefficient (Wildman–Crippen LogP) is 1.23. The van der Waals surface area contributed by atoms with Crippen LogP contribution < -0.4 is 15.0 Å². The molecule has 1 aromatic rings. The number of carbonyl (C=O) groups is 2. The summed E-state index contributed by atoms with van der Waals surface area (Å²) in [7, 11) is 1.61. The molecular weight excluding hydrogens is 296 g/mol. The van der Waals surface area contributed by atoms with Gasteiger partial charge in [0.05, 0.1) is 24.8 Å². The van der Waals surface area contributed by atoms with Gasteiger partial charge in [-0.1, -0.05) is 6.07 Å². The molecule has 1 saturated heterocycles. The van der Waals surface area contributed by atoms with Gasteiger partial charge in [0.15, 0.2) is 0 Å². The zero-order valence-electron chi connectivity index (χ0n) is 13.6. The standard InChI is InChI=1S/C17H22N2O4/c1-12(20)23-10-9-19-15-11-13(22-2)3-4-14(15)17(16(19)21)5-7-18-8-6-17/h3-4,11,18H,5-10H2,1-2H3. The molecule has 0 radical (unpaired) electrons. The molecule has 124 valence electrons. The SMILES string of the molecule is COc1ccc2c(c1)N(CCOC(C)=O)C(=O)C21CCNCC1. The molecule has 1 fully saturated rings. The molecule has 2 heterocycles. The Morgan fingerprint density at radius 3 is 2.74 bits per heavy atom. The largest absolute Gasteiger partial charge is 0.497 e. The highest BCUT2D eigenvalue weighted by molar-refractivity contribution is 6.08. The molecule has 0 saturated carbocycles. The fraction of sp³-hybridized carbons (Fsp3) is 0.529. The Hall–Kier alpha value is -2.08. The third-order valence-electron chi connectivity index (χ3n) is 4.74. The fourth-order valence-corrected chi connectivity index (χ4v) is 3.59. The number of esters is 1. The number of piperidine rings is 1. The molecule has 23 heavy (non-hydrogen) atoms. The van der Waals surface area contributed by atoms with Crippen LogP contribution in [0.15, 0.2) is 18.2 Å². The number of fused-ring (bicyclic) bond motifs is 2. The van der Waals surface area contributed by atoms with Crippen LogP contribution in [0.4, 0.5) is 5.69 Å². The second-order valence-corrected chi connectivity index (χ2v) is 6.01. The summed E-state index contributed by atoms with van der Waals surface area (Å²) in [5.41, 5.74) is 1.49. The Morgan fingerprint density at radius 2 is 2.09 bits per heavy atom. The molecule has 1 spiro atoms. The summed E-state index contributed by atoms with van der Waals surface area (Å²) in [5.74, 6) is 0.494. The number of carbonyl (C=O) groups excluding carboxylic acids is 2. The quantitative estimate of drug-likeness (QED) is 0.846. The van der Waals surface area contributed by atoms with Crippen molar-refractivity contribution in [1.29, 1.82) is 0 Å². The van der Waals surface area contributed by atoms with E-state index in [0.29, 0.717) is 6.54 Å². The van der Waals surface area contributed by atoms with E-state index in [1.807, 2.05) is 18.2 Å². The molecule has 0 aliphatic carbocycles. The van der Waals surface area contributed by atoms with Crippen molar-refractivity contribution in [2.24, 2.45) is 0 Å². The van der Waals surface area contributed by atoms with Crippen molar-refractivity contribution in [3.63, 3.8) is 0 Å². The number of hydrogen-bond acceptors (Lipinski definition) is 5. The summed E-state index contributed by atoms with van der Waals surface area (Å²) in [6.07, 6.45) is 1.57. The number of methoxy groups -OCH3 is 1. The first-order chi connectivity index (χ1) is 11.1. The van der Waals surface area contributed by atoms with Crippen LogP contribution in [0.1, 0.15) is 25.3 Å². The highest BCUT2D eigenvalue weighted by Crippen LogP contribution is 2.48. The van der Waals surface area contributed by atoms with Gasteiger partial charge in [-0.2, -0.15) is 0 Å². The molecule has 0 atom stereocenters. The van der Waals surface area contributed by atoms with Gasteiger partial charge in [-0.3, -0.25) is 9.59 Å². The zero-order chi connectivity index (χ0) is 16.4. The number of hydrogen-bond donors (Lipinski definition) is 1. The second-order valence-electron chi connectivity index (χ2n) is 6.01. The minimum atomic E-state index is -0.455. The maximum absolute atomic E-state index is 13.1. The first-order valence-corrected chi connectivity index (χ1v) is 7.93. The van der Waals surface area contributed by atoms with Crippen LogP contribution in [0.3, 0.4) is 0 Å². The lowest BCUT2D eigenvalue weighted by Crippen LogP contribution is -2.47. The van der Waals surface area contributed by atoms with Gasteiger partial charge in [0.25, 0.3) is 0 Å². The third-order valence-corrected chi connectivity index (χ3v) is 4.74. The molecule has 1 aromatic carbocycles. The first-order valence-electron chi connectivity index (χ1n) is 7.93. The van der Waals surface area contributed by atoms with Crippen LogP contribution in [0, 0.1) is 0 Å². The van der Waals surface area contributed by atoms with Crippen LogP contribution in [0.5, 0.6) is 5.75 Å². The summed E-state index contributed by atoms with van der Waals surface area (Å²) in [5, 5.41) is 3.32. The summed E-state index contributed by atoms with van der Waals surface area (Å²) >= 11 is 0. The molecule has 3 rings (SSSR count). The second kappa shape index (κ2) is 6.20. The number of nitrogens with zero attached hydrogens (tertiary/aromatic N) is 1. The van der Waals surface area contributed by atoms with Crippen molar-refractivity contribution >= 4 is 17.6 Å². The average molecular weight is 318 g/mol. The molecule has 0 aromatic heterocycles. The summed E-state index contributed by atoms with van der Waals surface area (Å²) in [4.78, 5) is 25.9. The van der Waals surface area contributed by atoms with Crippen LogP contribution >= 0.6 is 0 Å². The lowest BCUT2D eigenvalue weighted by molar-refractivity contribution is -0.141. The minimum absolute atomic E-state index is 0.106. The normalized spacial score (nSPS) is 18.9.